The molecule has 41 heavy (non-hydrogen) atoms. The summed E-state index contributed by atoms with van der Waals surface area (Å²) in [5, 5.41) is 10.3. The lowest BCUT2D eigenvalue weighted by molar-refractivity contribution is -0.242. The van der Waals surface area contributed by atoms with E-state index in [0.717, 1.165) is 12.3 Å². The summed E-state index contributed by atoms with van der Waals surface area (Å²) in [6, 6.07) is 12.3. The number of hydrogen-bond acceptors (Lipinski definition) is 10. The molecule has 1 fully saturated rings. The first-order chi connectivity index (χ1) is 19.3. The molecule has 2 aromatic carbocycles. The molecule has 3 atom stereocenters. The van der Waals surface area contributed by atoms with E-state index in [9.17, 15) is 23.5 Å². The van der Waals surface area contributed by atoms with Gasteiger partial charge in [-0.3, -0.25) is 18.9 Å². The fraction of sp³-hybridized carbons (Fsp3) is 0.333. The number of ether oxygens (including phenoxy) is 3. The molecule has 1 saturated heterocycles. The Morgan fingerprint density at radius 1 is 0.976 bits per heavy atom. The molecule has 1 aromatic heterocycles. The molecule has 0 bridgehead atoms. The van der Waals surface area contributed by atoms with Crippen molar-refractivity contribution in [2.24, 2.45) is 0 Å². The second-order valence-corrected chi connectivity index (χ2v) is 11.4. The van der Waals surface area contributed by atoms with E-state index in [1.165, 1.54) is 62.8 Å². The van der Waals surface area contributed by atoms with Crippen molar-refractivity contribution in [2.75, 3.05) is 20.8 Å². The number of halogens is 4. The lowest BCUT2D eigenvalue weighted by atomic mass is 9.95. The molecule has 0 radical (unpaired) electrons. The Bertz CT molecular complexity index is 1470. The second-order valence-electron chi connectivity index (χ2n) is 8.54. The summed E-state index contributed by atoms with van der Waals surface area (Å²) in [7, 11) is 2.84. The number of methoxy groups -OCH3 is 2. The Labute approximate surface area is 234 Å². The van der Waals surface area contributed by atoms with E-state index in [0.29, 0.717) is 16.1 Å². The van der Waals surface area contributed by atoms with Gasteiger partial charge in [0.15, 0.2) is 12.3 Å². The molecule has 1 aliphatic rings. The van der Waals surface area contributed by atoms with Crippen molar-refractivity contribution in [1.82, 2.24) is 9.55 Å². The van der Waals surface area contributed by atoms with E-state index in [2.05, 4.69) is 0 Å². The molecule has 4 rings (SSSR count). The monoisotopic (exact) mass is 622 g/mol. The Balaban J connectivity index is 1.68. The van der Waals surface area contributed by atoms with Crippen LogP contribution in [0.3, 0.4) is 0 Å². The van der Waals surface area contributed by atoms with Crippen molar-refractivity contribution in [3.8, 4) is 23.0 Å². The lowest BCUT2D eigenvalue weighted by Crippen LogP contribution is -2.57. The van der Waals surface area contributed by atoms with Crippen molar-refractivity contribution >= 4 is 18.5 Å². The zero-order valence-corrected chi connectivity index (χ0v) is 23.0. The van der Waals surface area contributed by atoms with Crippen LogP contribution in [0.2, 0.25) is 0 Å². The van der Waals surface area contributed by atoms with Crippen LogP contribution < -0.4 is 29.8 Å². The highest BCUT2D eigenvalue weighted by Gasteiger charge is 2.74. The highest BCUT2D eigenvalue weighted by atomic mass is 32.5. The normalized spacial score (nSPS) is 22.0. The predicted molar refractivity (Wildman–Crippen MR) is 139 cm³/mol. The first kappa shape index (κ1) is 30.5. The molecule has 0 spiro atoms. The van der Waals surface area contributed by atoms with Crippen LogP contribution in [0.15, 0.2) is 70.4 Å². The first-order valence-corrected chi connectivity index (χ1v) is 14.1. The van der Waals surface area contributed by atoms with Crippen LogP contribution in [0.4, 0.5) is 17.6 Å². The van der Waals surface area contributed by atoms with Crippen LogP contribution in [-0.2, 0) is 21.1 Å². The topological polar surface area (TPSA) is 130 Å². The summed E-state index contributed by atoms with van der Waals surface area (Å²) in [4.78, 5) is 25.3. The summed E-state index contributed by atoms with van der Waals surface area (Å²) in [6.45, 7) is -5.85. The van der Waals surface area contributed by atoms with Crippen molar-refractivity contribution in [2.45, 2.75) is 30.3 Å². The molecule has 2 heterocycles. The number of H-pyrrole nitrogens is 1. The lowest BCUT2D eigenvalue weighted by Gasteiger charge is -2.34. The van der Waals surface area contributed by atoms with Crippen LogP contribution in [0, 0.1) is 0 Å². The number of aromatic amines is 1. The van der Waals surface area contributed by atoms with Crippen molar-refractivity contribution < 1.29 is 50.5 Å². The first-order valence-electron chi connectivity index (χ1n) is 11.6. The third kappa shape index (κ3) is 6.11. The highest BCUT2D eigenvalue weighted by molar-refractivity contribution is 8.07. The molecule has 3 unspecified atom stereocenters. The molecular weight excluding hydrogens is 599 g/mol. The Kier molecular flexibility index (Phi) is 8.80. The molecule has 1 aliphatic heterocycles. The maximum atomic E-state index is 15.4. The summed E-state index contributed by atoms with van der Waals surface area (Å²) in [6.07, 6.45) is -8.53. The quantitative estimate of drug-likeness (QED) is 0.242. The van der Waals surface area contributed by atoms with Gasteiger partial charge >= 0.3 is 18.3 Å². The summed E-state index contributed by atoms with van der Waals surface area (Å²) < 4.78 is 91.9. The van der Waals surface area contributed by atoms with Gasteiger partial charge in [0, 0.05) is 24.1 Å². The number of aromatic nitrogens is 2. The minimum Gasteiger partial charge on any atom is -0.497 e. The number of benzene rings is 2. The Hall–Kier alpha value is -3.43. The van der Waals surface area contributed by atoms with E-state index in [-0.39, 0.29) is 11.5 Å². The van der Waals surface area contributed by atoms with Gasteiger partial charge in [0.25, 0.3) is 12.0 Å². The number of rotatable bonds is 11. The molecule has 3 aromatic rings. The molecule has 222 valence electrons. The van der Waals surface area contributed by atoms with Gasteiger partial charge in [0.1, 0.15) is 23.0 Å². The standard InChI is InChI=1S/C24H23F4N2O9PS/c1-34-14-3-7-16(8-4-14)38-40(41,39-17-9-5-15(35-2)6-10-17)36-13-23(21(25)26)24(27,28)19(32)20(37-23)30-12-11-18(31)29-22(30)33/h3-12,19-21,32H,13H2,1-2H3,(H,29,31,33). The summed E-state index contributed by atoms with van der Waals surface area (Å²) in [5.74, 6) is -3.75. The second kappa shape index (κ2) is 11.8. The SMILES string of the molecule is COc1ccc(OP(=S)(OCC2(C(F)F)OC(n3ccc(=O)[nH]c3=O)C(O)C2(F)F)Oc2ccc(OC)cc2)cc1. The zero-order valence-electron chi connectivity index (χ0n) is 21.2. The Morgan fingerprint density at radius 3 is 1.90 bits per heavy atom. The van der Waals surface area contributed by atoms with Crippen LogP contribution >= 0.6 is 6.72 Å². The van der Waals surface area contributed by atoms with E-state index >= 15 is 8.78 Å². The summed E-state index contributed by atoms with van der Waals surface area (Å²) in [5.41, 5.74) is -5.98. The third-order valence-electron chi connectivity index (χ3n) is 6.01. The molecule has 0 saturated carbocycles. The van der Waals surface area contributed by atoms with E-state index in [4.69, 9.17) is 39.6 Å². The van der Waals surface area contributed by atoms with Gasteiger partial charge in [-0.05, 0) is 48.5 Å². The van der Waals surface area contributed by atoms with Crippen molar-refractivity contribution in [3.05, 3.63) is 81.6 Å². The number of aliphatic hydroxyl groups excluding tert-OH is 1. The molecule has 0 amide bonds. The average molecular weight is 622 g/mol. The van der Waals surface area contributed by atoms with Gasteiger partial charge in [-0.2, -0.15) is 8.78 Å². The zero-order chi connectivity index (χ0) is 30.0. The van der Waals surface area contributed by atoms with Gasteiger partial charge in [-0.25, -0.2) is 13.6 Å². The fourth-order valence-corrected chi connectivity index (χ4v) is 5.72. The van der Waals surface area contributed by atoms with Gasteiger partial charge < -0.3 is 28.4 Å². The van der Waals surface area contributed by atoms with Crippen LogP contribution in [0.1, 0.15) is 6.23 Å². The van der Waals surface area contributed by atoms with Gasteiger partial charge in [-0.15, -0.1) is 0 Å². The smallest absolute Gasteiger partial charge is 0.435 e. The molecule has 0 aliphatic carbocycles. The van der Waals surface area contributed by atoms with Crippen LogP contribution in [0.25, 0.3) is 0 Å². The van der Waals surface area contributed by atoms with E-state index in [1.807, 2.05) is 0 Å². The van der Waals surface area contributed by atoms with E-state index in [1.54, 1.807) is 4.98 Å². The summed E-state index contributed by atoms with van der Waals surface area (Å²) >= 11 is 5.40. The minimum atomic E-state index is -4.69. The third-order valence-corrected chi connectivity index (χ3v) is 8.08. The number of hydrogen-bond donors (Lipinski definition) is 2. The van der Waals surface area contributed by atoms with E-state index < -0.39 is 54.9 Å². The van der Waals surface area contributed by atoms with Gasteiger partial charge in [0.2, 0.25) is 5.60 Å². The van der Waals surface area contributed by atoms with Gasteiger partial charge in [-0.1, -0.05) is 0 Å². The molecule has 2 N–H and O–H groups in total. The molecule has 17 heteroatoms. The minimum absolute atomic E-state index is 0.0329. The molecular formula is C24H23F4N2O9PS. The Morgan fingerprint density at radius 2 is 1.46 bits per heavy atom. The fourth-order valence-electron chi connectivity index (χ4n) is 3.79. The average Bonchev–Trinajstić information content (AvgIpc) is 3.14. The highest BCUT2D eigenvalue weighted by Crippen LogP contribution is 2.56. The van der Waals surface area contributed by atoms with Crippen molar-refractivity contribution in [1.29, 1.82) is 0 Å². The van der Waals surface area contributed by atoms with Crippen LogP contribution in [-0.4, -0.2) is 59.5 Å². The maximum Gasteiger partial charge on any atom is 0.435 e. The molecule has 11 nitrogen and oxygen atoms in total. The maximum absolute atomic E-state index is 15.4. The number of nitrogens with one attached hydrogen (secondary N) is 1. The predicted octanol–water partition coefficient (Wildman–Crippen LogP) is 3.48. The van der Waals surface area contributed by atoms with Gasteiger partial charge in [0.05, 0.1) is 20.8 Å². The van der Waals surface area contributed by atoms with Crippen LogP contribution in [0.5, 0.6) is 23.0 Å². The number of alkyl halides is 4. The number of aliphatic hydroxyl groups is 1. The number of nitrogens with zero attached hydrogens (tertiary/aromatic N) is 1. The largest absolute Gasteiger partial charge is 0.497 e. The van der Waals surface area contributed by atoms with Crippen molar-refractivity contribution in [3.63, 3.8) is 0 Å².